The minimum Gasteiger partial charge on any atom is -0.411 e. The molecule has 6 nitrogen and oxygen atoms in total. The van der Waals surface area contributed by atoms with Gasteiger partial charge >= 0.3 is 0 Å². The number of carbonyl (C=O) groups excluding carboxylic acids is 1. The van der Waals surface area contributed by atoms with Crippen LogP contribution in [-0.2, 0) is 11.2 Å². The zero-order valence-electron chi connectivity index (χ0n) is 16.1. The van der Waals surface area contributed by atoms with Gasteiger partial charge in [0.25, 0.3) is 11.1 Å². The molecule has 1 amide bonds. The van der Waals surface area contributed by atoms with E-state index in [0.717, 1.165) is 28.6 Å². The van der Waals surface area contributed by atoms with Crippen LogP contribution in [0.3, 0.4) is 0 Å². The van der Waals surface area contributed by atoms with Gasteiger partial charge in [0.2, 0.25) is 5.91 Å². The molecule has 3 heterocycles. The van der Waals surface area contributed by atoms with E-state index in [2.05, 4.69) is 28.2 Å². The third kappa shape index (κ3) is 3.11. The molecule has 0 fully saturated rings. The summed E-state index contributed by atoms with van der Waals surface area (Å²) in [6.07, 6.45) is 2.74. The predicted molar refractivity (Wildman–Crippen MR) is 114 cm³/mol. The Morgan fingerprint density at radius 2 is 2.00 bits per heavy atom. The molecule has 0 aliphatic carbocycles. The first kappa shape index (κ1) is 18.0. The molecule has 2 aromatic carbocycles. The molecule has 0 saturated carbocycles. The summed E-state index contributed by atoms with van der Waals surface area (Å²) < 4.78 is 5.87. The lowest BCUT2D eigenvalue weighted by Crippen LogP contribution is -2.40. The second-order valence-electron chi connectivity index (χ2n) is 7.27. The third-order valence-electron chi connectivity index (χ3n) is 5.30. The molecule has 29 heavy (non-hydrogen) atoms. The number of H-pyrrole nitrogens is 1. The van der Waals surface area contributed by atoms with Crippen molar-refractivity contribution in [2.24, 2.45) is 0 Å². The Bertz CT molecular complexity index is 1200. The summed E-state index contributed by atoms with van der Waals surface area (Å²) in [5.74, 6) is 0.503. The van der Waals surface area contributed by atoms with E-state index in [9.17, 15) is 4.79 Å². The van der Waals surface area contributed by atoms with Crippen molar-refractivity contribution in [1.82, 2.24) is 15.2 Å². The monoisotopic (exact) mass is 404 g/mol. The number of rotatable bonds is 4. The lowest BCUT2D eigenvalue weighted by atomic mass is 10.1. The topological polar surface area (TPSA) is 75.0 Å². The van der Waals surface area contributed by atoms with E-state index < -0.39 is 0 Å². The molecule has 2 aromatic heterocycles. The van der Waals surface area contributed by atoms with Crippen molar-refractivity contribution in [3.63, 3.8) is 0 Å². The standard InChI is InChI=1S/C22H20N4O2S/c1-13-11-15-7-3-6-10-19(15)26(13)21(27)14(2)29-22-25-24-20(28-22)17-12-23-18-9-5-4-8-16(17)18/h3-10,12-14,23H,11H2,1-2H3. The van der Waals surface area contributed by atoms with Gasteiger partial charge in [-0.05, 0) is 38.0 Å². The highest BCUT2D eigenvalue weighted by Crippen LogP contribution is 2.35. The molecule has 0 spiro atoms. The first-order chi connectivity index (χ1) is 14.1. The van der Waals surface area contributed by atoms with Gasteiger partial charge in [0.15, 0.2) is 0 Å². The normalized spacial score (nSPS) is 16.9. The SMILES string of the molecule is CC(Sc1nnc(-c2c[nH]c3ccccc23)o1)C(=O)N1c2ccccc2CC1C. The largest absolute Gasteiger partial charge is 0.411 e. The van der Waals surface area contributed by atoms with E-state index in [1.807, 2.05) is 60.5 Å². The van der Waals surface area contributed by atoms with E-state index in [1.54, 1.807) is 0 Å². The Kier molecular flexibility index (Phi) is 4.39. The summed E-state index contributed by atoms with van der Waals surface area (Å²) in [4.78, 5) is 18.2. The Balaban J connectivity index is 1.35. The minimum absolute atomic E-state index is 0.0549. The van der Waals surface area contributed by atoms with Crippen molar-refractivity contribution >= 4 is 34.3 Å². The third-order valence-corrected chi connectivity index (χ3v) is 6.22. The van der Waals surface area contributed by atoms with E-state index in [0.29, 0.717) is 11.1 Å². The van der Waals surface area contributed by atoms with Crippen molar-refractivity contribution in [2.75, 3.05) is 4.90 Å². The molecular formula is C22H20N4O2S. The van der Waals surface area contributed by atoms with Gasteiger partial charge in [0.1, 0.15) is 0 Å². The van der Waals surface area contributed by atoms with Crippen molar-refractivity contribution in [2.45, 2.75) is 36.8 Å². The number of para-hydroxylation sites is 2. The van der Waals surface area contributed by atoms with Crippen LogP contribution in [0.5, 0.6) is 0 Å². The molecule has 0 radical (unpaired) electrons. The van der Waals surface area contributed by atoms with Gasteiger partial charge in [-0.1, -0.05) is 48.2 Å². The molecule has 0 bridgehead atoms. The Morgan fingerprint density at radius 3 is 2.90 bits per heavy atom. The Hall–Kier alpha value is -3.06. The number of benzene rings is 2. The van der Waals surface area contributed by atoms with Crippen molar-refractivity contribution in [1.29, 1.82) is 0 Å². The lowest BCUT2D eigenvalue weighted by molar-refractivity contribution is -0.118. The van der Waals surface area contributed by atoms with Gasteiger partial charge in [-0.15, -0.1) is 10.2 Å². The van der Waals surface area contributed by atoms with Crippen LogP contribution < -0.4 is 4.90 Å². The fourth-order valence-corrected chi connectivity index (χ4v) is 4.65. The van der Waals surface area contributed by atoms with E-state index >= 15 is 0 Å². The van der Waals surface area contributed by atoms with Gasteiger partial charge in [0.05, 0.1) is 10.8 Å². The van der Waals surface area contributed by atoms with Gasteiger partial charge in [-0.2, -0.15) is 0 Å². The minimum atomic E-state index is -0.333. The van der Waals surface area contributed by atoms with Crippen LogP contribution in [-0.4, -0.2) is 32.4 Å². The van der Waals surface area contributed by atoms with Crippen molar-refractivity contribution < 1.29 is 9.21 Å². The number of nitrogens with zero attached hydrogens (tertiary/aromatic N) is 3. The number of hydrogen-bond donors (Lipinski definition) is 1. The van der Waals surface area contributed by atoms with Gasteiger partial charge in [-0.25, -0.2) is 0 Å². The highest BCUT2D eigenvalue weighted by atomic mass is 32.2. The maximum Gasteiger partial charge on any atom is 0.277 e. The predicted octanol–water partition coefficient (Wildman–Crippen LogP) is 4.68. The smallest absolute Gasteiger partial charge is 0.277 e. The summed E-state index contributed by atoms with van der Waals surface area (Å²) in [5, 5.41) is 9.43. The van der Waals surface area contributed by atoms with E-state index in [-0.39, 0.29) is 17.2 Å². The lowest BCUT2D eigenvalue weighted by Gasteiger charge is -2.25. The van der Waals surface area contributed by atoms with E-state index in [1.165, 1.54) is 17.3 Å². The number of carbonyl (C=O) groups is 1. The number of aromatic amines is 1. The number of aromatic nitrogens is 3. The summed E-state index contributed by atoms with van der Waals surface area (Å²) in [5.41, 5.74) is 4.09. The quantitative estimate of drug-likeness (QED) is 0.500. The van der Waals surface area contributed by atoms with Crippen molar-refractivity contribution in [3.05, 3.63) is 60.3 Å². The molecule has 2 atom stereocenters. The number of fused-ring (bicyclic) bond motifs is 2. The zero-order valence-corrected chi connectivity index (χ0v) is 16.9. The molecule has 7 heteroatoms. The second-order valence-corrected chi connectivity index (χ2v) is 8.56. The van der Waals surface area contributed by atoms with Crippen LogP contribution in [0, 0.1) is 0 Å². The molecule has 4 aromatic rings. The summed E-state index contributed by atoms with van der Waals surface area (Å²) in [7, 11) is 0. The number of hydrogen-bond acceptors (Lipinski definition) is 5. The molecule has 5 rings (SSSR count). The summed E-state index contributed by atoms with van der Waals surface area (Å²) >= 11 is 1.30. The highest BCUT2D eigenvalue weighted by Gasteiger charge is 2.34. The van der Waals surface area contributed by atoms with Crippen LogP contribution in [0.15, 0.2) is 64.4 Å². The molecular weight excluding hydrogens is 384 g/mol. The van der Waals surface area contributed by atoms with Gasteiger partial charge in [-0.3, -0.25) is 4.79 Å². The fraction of sp³-hybridized carbons (Fsp3) is 0.227. The van der Waals surface area contributed by atoms with E-state index in [4.69, 9.17) is 4.42 Å². The number of anilines is 1. The maximum absolute atomic E-state index is 13.1. The van der Waals surface area contributed by atoms with Crippen LogP contribution in [0.1, 0.15) is 19.4 Å². The van der Waals surface area contributed by atoms with Crippen LogP contribution in [0.4, 0.5) is 5.69 Å². The first-order valence-electron chi connectivity index (χ1n) is 9.59. The Morgan fingerprint density at radius 1 is 1.21 bits per heavy atom. The van der Waals surface area contributed by atoms with Crippen LogP contribution in [0.25, 0.3) is 22.4 Å². The number of thioether (sulfide) groups is 1. The van der Waals surface area contributed by atoms with Gasteiger partial charge < -0.3 is 14.3 Å². The Labute approximate surface area is 172 Å². The second kappa shape index (κ2) is 7.08. The molecule has 0 saturated heterocycles. The number of nitrogens with one attached hydrogen (secondary N) is 1. The fourth-order valence-electron chi connectivity index (χ4n) is 3.91. The highest BCUT2D eigenvalue weighted by molar-refractivity contribution is 8.00. The molecule has 1 aliphatic rings. The maximum atomic E-state index is 13.1. The zero-order chi connectivity index (χ0) is 20.0. The average Bonchev–Trinajstić information content (AvgIpc) is 3.43. The molecule has 1 N–H and O–H groups in total. The molecule has 1 aliphatic heterocycles. The summed E-state index contributed by atoms with van der Waals surface area (Å²) in [6, 6.07) is 16.2. The van der Waals surface area contributed by atoms with Crippen molar-refractivity contribution in [3.8, 4) is 11.5 Å². The molecule has 2 unspecified atom stereocenters. The first-order valence-corrected chi connectivity index (χ1v) is 10.5. The number of amides is 1. The van der Waals surface area contributed by atoms with Crippen LogP contribution >= 0.6 is 11.8 Å². The summed E-state index contributed by atoms with van der Waals surface area (Å²) in [6.45, 7) is 3.97. The van der Waals surface area contributed by atoms with Crippen LogP contribution in [0.2, 0.25) is 0 Å². The molecule has 146 valence electrons. The average molecular weight is 404 g/mol. The van der Waals surface area contributed by atoms with Gasteiger partial charge in [0, 0.05) is 28.8 Å².